The van der Waals surface area contributed by atoms with E-state index in [1.54, 1.807) is 13.4 Å². The Labute approximate surface area is 198 Å². The second kappa shape index (κ2) is 13.0. The minimum atomic E-state index is 0. The summed E-state index contributed by atoms with van der Waals surface area (Å²) >= 11 is 0. The number of ether oxygens (including phenoxy) is 1. The van der Waals surface area contributed by atoms with E-state index in [1.165, 1.54) is 31.2 Å². The summed E-state index contributed by atoms with van der Waals surface area (Å²) in [5.74, 6) is 1.86. The minimum Gasteiger partial charge on any atom is -0.469 e. The third kappa shape index (κ3) is 7.61. The monoisotopic (exact) mass is 525 g/mol. The zero-order valence-corrected chi connectivity index (χ0v) is 20.6. The van der Waals surface area contributed by atoms with Crippen LogP contribution in [0, 0.1) is 5.41 Å². The highest BCUT2D eigenvalue weighted by Gasteiger charge is 2.33. The van der Waals surface area contributed by atoms with Crippen molar-refractivity contribution in [2.75, 3.05) is 26.8 Å². The molecular weight excluding hydrogens is 489 g/mol. The van der Waals surface area contributed by atoms with E-state index < -0.39 is 0 Å². The van der Waals surface area contributed by atoms with E-state index >= 15 is 0 Å². The van der Waals surface area contributed by atoms with Crippen molar-refractivity contribution in [2.45, 2.75) is 51.5 Å². The molecule has 1 saturated carbocycles. The van der Waals surface area contributed by atoms with Crippen molar-refractivity contribution in [1.29, 1.82) is 0 Å². The van der Waals surface area contributed by atoms with Gasteiger partial charge in [-0.1, -0.05) is 43.2 Å². The van der Waals surface area contributed by atoms with E-state index in [1.807, 2.05) is 18.2 Å². The number of benzene rings is 1. The molecule has 0 spiro atoms. The van der Waals surface area contributed by atoms with Crippen molar-refractivity contribution >= 4 is 29.9 Å². The topological polar surface area (TPSA) is 58.8 Å². The van der Waals surface area contributed by atoms with Crippen molar-refractivity contribution in [3.8, 4) is 0 Å². The summed E-state index contributed by atoms with van der Waals surface area (Å²) in [6.07, 6.45) is 8.73. The van der Waals surface area contributed by atoms with Gasteiger partial charge in [-0.05, 0) is 49.3 Å². The first-order valence-electron chi connectivity index (χ1n) is 10.8. The Kier molecular flexibility index (Phi) is 10.7. The molecule has 30 heavy (non-hydrogen) atoms. The zero-order valence-electron chi connectivity index (χ0n) is 18.2. The Balaban J connectivity index is 0.00000320. The first kappa shape index (κ1) is 24.7. The van der Waals surface area contributed by atoms with Gasteiger partial charge in [0.05, 0.1) is 12.3 Å². The summed E-state index contributed by atoms with van der Waals surface area (Å²) in [5, 5.41) is 7.09. The van der Waals surface area contributed by atoms with Crippen LogP contribution in [-0.2, 0) is 11.2 Å². The average molecular weight is 525 g/mol. The number of furan rings is 1. The molecule has 166 valence electrons. The standard InChI is InChI=1S/C24H35N3O2.HI/c1-20(21-9-4-3-5-10-21)27-23(25-16-12-22-11-8-17-29-22)26-19-24(15-18-28-2)13-6-7-14-24;/h3-5,8-11,17,20H,6-7,12-16,18-19H2,1-2H3,(H2,25,26,27);1H. The Morgan fingerprint density at radius 1 is 1.17 bits per heavy atom. The van der Waals surface area contributed by atoms with Crippen LogP contribution >= 0.6 is 24.0 Å². The quantitative estimate of drug-likeness (QED) is 0.250. The van der Waals surface area contributed by atoms with Crippen molar-refractivity contribution in [1.82, 2.24) is 10.6 Å². The maximum absolute atomic E-state index is 5.45. The van der Waals surface area contributed by atoms with Crippen LogP contribution in [-0.4, -0.2) is 32.8 Å². The number of nitrogens with one attached hydrogen (secondary N) is 2. The Morgan fingerprint density at radius 3 is 2.60 bits per heavy atom. The van der Waals surface area contributed by atoms with Gasteiger partial charge in [0.1, 0.15) is 5.76 Å². The maximum atomic E-state index is 5.45. The van der Waals surface area contributed by atoms with Crippen molar-refractivity contribution in [3.63, 3.8) is 0 Å². The maximum Gasteiger partial charge on any atom is 0.191 e. The van der Waals surface area contributed by atoms with E-state index in [2.05, 4.69) is 41.8 Å². The second-order valence-corrected chi connectivity index (χ2v) is 8.15. The van der Waals surface area contributed by atoms with Crippen LogP contribution in [0.5, 0.6) is 0 Å². The Morgan fingerprint density at radius 2 is 1.93 bits per heavy atom. The summed E-state index contributed by atoms with van der Waals surface area (Å²) in [6.45, 7) is 4.61. The van der Waals surface area contributed by atoms with Crippen LogP contribution in [0.15, 0.2) is 58.1 Å². The van der Waals surface area contributed by atoms with Gasteiger partial charge in [-0.15, -0.1) is 24.0 Å². The van der Waals surface area contributed by atoms with Crippen LogP contribution in [0.2, 0.25) is 0 Å². The summed E-state index contributed by atoms with van der Waals surface area (Å²) in [5.41, 5.74) is 1.53. The summed E-state index contributed by atoms with van der Waals surface area (Å²) in [4.78, 5) is 5.02. The predicted molar refractivity (Wildman–Crippen MR) is 134 cm³/mol. The molecule has 1 unspecified atom stereocenters. The van der Waals surface area contributed by atoms with Crippen molar-refractivity contribution in [3.05, 3.63) is 60.1 Å². The van der Waals surface area contributed by atoms with Crippen LogP contribution < -0.4 is 10.6 Å². The van der Waals surface area contributed by atoms with Crippen LogP contribution in [0.4, 0.5) is 0 Å². The first-order valence-corrected chi connectivity index (χ1v) is 10.8. The lowest BCUT2D eigenvalue weighted by Crippen LogP contribution is -2.40. The molecule has 1 heterocycles. The van der Waals surface area contributed by atoms with Gasteiger partial charge in [-0.3, -0.25) is 4.99 Å². The van der Waals surface area contributed by atoms with Crippen LogP contribution in [0.25, 0.3) is 0 Å². The summed E-state index contributed by atoms with van der Waals surface area (Å²) in [7, 11) is 1.79. The molecule has 2 aromatic rings. The molecule has 0 aliphatic heterocycles. The Hall–Kier alpha value is -1.54. The normalized spacial score (nSPS) is 16.7. The number of hydrogen-bond donors (Lipinski definition) is 2. The third-order valence-electron chi connectivity index (χ3n) is 5.97. The van der Waals surface area contributed by atoms with Gasteiger partial charge < -0.3 is 19.8 Å². The zero-order chi connectivity index (χ0) is 20.4. The molecule has 1 aromatic carbocycles. The molecular formula is C24H36IN3O2. The molecule has 1 fully saturated rings. The molecule has 3 rings (SSSR count). The van der Waals surface area contributed by atoms with Gasteiger partial charge in [0.25, 0.3) is 0 Å². The third-order valence-corrected chi connectivity index (χ3v) is 5.97. The SMILES string of the molecule is COCCC1(CN=C(NCCc2ccco2)NC(C)c2ccccc2)CCCC1.I. The van der Waals surface area contributed by atoms with Crippen molar-refractivity contribution in [2.24, 2.45) is 10.4 Å². The largest absolute Gasteiger partial charge is 0.469 e. The molecule has 0 bridgehead atoms. The number of halogens is 1. The smallest absolute Gasteiger partial charge is 0.191 e. The molecule has 1 atom stereocenters. The molecule has 6 heteroatoms. The first-order chi connectivity index (χ1) is 14.2. The van der Waals surface area contributed by atoms with E-state index in [0.29, 0.717) is 0 Å². The number of aliphatic imine (C=N–C) groups is 1. The molecule has 0 amide bonds. The molecule has 1 aromatic heterocycles. The highest BCUT2D eigenvalue weighted by Crippen LogP contribution is 2.41. The fraction of sp³-hybridized carbons (Fsp3) is 0.542. The fourth-order valence-corrected chi connectivity index (χ4v) is 4.12. The number of guanidine groups is 1. The highest BCUT2D eigenvalue weighted by atomic mass is 127. The lowest BCUT2D eigenvalue weighted by Gasteiger charge is -2.28. The summed E-state index contributed by atoms with van der Waals surface area (Å²) in [6, 6.07) is 14.6. The molecule has 5 nitrogen and oxygen atoms in total. The molecule has 1 aliphatic carbocycles. The van der Waals surface area contributed by atoms with E-state index in [0.717, 1.165) is 44.3 Å². The molecule has 2 N–H and O–H groups in total. The van der Waals surface area contributed by atoms with E-state index in [4.69, 9.17) is 14.1 Å². The lowest BCUT2D eigenvalue weighted by atomic mass is 9.83. The number of methoxy groups -OCH3 is 1. The fourth-order valence-electron chi connectivity index (χ4n) is 4.12. The minimum absolute atomic E-state index is 0. The van der Waals surface area contributed by atoms with E-state index in [-0.39, 0.29) is 35.4 Å². The van der Waals surface area contributed by atoms with Gasteiger partial charge in [0, 0.05) is 33.2 Å². The Bertz CT molecular complexity index is 728. The molecule has 0 saturated heterocycles. The van der Waals surface area contributed by atoms with Gasteiger partial charge in [0.2, 0.25) is 0 Å². The van der Waals surface area contributed by atoms with Crippen LogP contribution in [0.1, 0.15) is 56.4 Å². The molecule has 0 radical (unpaired) electrons. The van der Waals surface area contributed by atoms with Gasteiger partial charge in [0.15, 0.2) is 5.96 Å². The van der Waals surface area contributed by atoms with Gasteiger partial charge in [-0.2, -0.15) is 0 Å². The highest BCUT2D eigenvalue weighted by molar-refractivity contribution is 14.0. The van der Waals surface area contributed by atoms with Crippen LogP contribution in [0.3, 0.4) is 0 Å². The van der Waals surface area contributed by atoms with Gasteiger partial charge >= 0.3 is 0 Å². The van der Waals surface area contributed by atoms with Gasteiger partial charge in [-0.25, -0.2) is 0 Å². The average Bonchev–Trinajstić information content (AvgIpc) is 3.44. The van der Waals surface area contributed by atoms with E-state index in [9.17, 15) is 0 Å². The second-order valence-electron chi connectivity index (χ2n) is 8.15. The predicted octanol–water partition coefficient (Wildman–Crippen LogP) is 5.33. The lowest BCUT2D eigenvalue weighted by molar-refractivity contribution is 0.141. The number of nitrogens with zero attached hydrogens (tertiary/aromatic N) is 1. The number of hydrogen-bond acceptors (Lipinski definition) is 3. The number of rotatable bonds is 10. The molecule has 1 aliphatic rings. The summed E-state index contributed by atoms with van der Waals surface area (Å²) < 4.78 is 10.8. The van der Waals surface area contributed by atoms with Crippen molar-refractivity contribution < 1.29 is 9.15 Å².